The largest absolute Gasteiger partial charge is 0.291 e. The van der Waals surface area contributed by atoms with Crippen LogP contribution < -0.4 is 0 Å². The zero-order chi connectivity index (χ0) is 5.70. The average molecular weight is 120 g/mol. The Kier molecular flexibility index (Phi) is 4.38. The van der Waals surface area contributed by atoms with Crippen LogP contribution in [0.1, 0.15) is 6.92 Å². The van der Waals surface area contributed by atoms with Gasteiger partial charge in [-0.25, -0.2) is 4.89 Å². The van der Waals surface area contributed by atoms with Crippen molar-refractivity contribution in [2.75, 3.05) is 6.61 Å². The molecule has 0 heterocycles. The molecule has 0 rings (SSSR count). The summed E-state index contributed by atoms with van der Waals surface area (Å²) in [6.45, 7) is 6.70. The monoisotopic (exact) mass is 120 g/mol. The van der Waals surface area contributed by atoms with E-state index in [1.807, 2.05) is 6.92 Å². The van der Waals surface area contributed by atoms with Crippen LogP contribution >= 0.6 is 0 Å². The van der Waals surface area contributed by atoms with Gasteiger partial charge in [-0.2, -0.15) is 0 Å². The first-order valence-corrected chi connectivity index (χ1v) is 5.33. The second-order valence-electron chi connectivity index (χ2n) is 1.55. The summed E-state index contributed by atoms with van der Waals surface area (Å²) < 4.78 is 4.83. The molecule has 0 aromatic heterocycles. The van der Waals surface area contributed by atoms with Gasteiger partial charge in [0.15, 0.2) is 0 Å². The molecule has 0 unspecified atom stereocenters. The van der Waals surface area contributed by atoms with Crippen LogP contribution in [0, 0.1) is 0 Å². The van der Waals surface area contributed by atoms with E-state index in [2.05, 4.69) is 18.0 Å². The maximum atomic E-state index is 4.83. The first-order valence-electron chi connectivity index (χ1n) is 2.55. The second-order valence-corrected chi connectivity index (χ2v) is 3.84. The molecule has 3 heteroatoms. The first kappa shape index (κ1) is 7.14. The smallest absolute Gasteiger partial charge is 0.218 e. The quantitative estimate of drug-likeness (QED) is 0.313. The Balaban J connectivity index is 2.68. The molecule has 0 aliphatic carbocycles. The van der Waals surface area contributed by atoms with Crippen LogP contribution in [0.25, 0.3) is 0 Å². The molecule has 0 radical (unpaired) electrons. The molecule has 0 aromatic rings. The van der Waals surface area contributed by atoms with Crippen molar-refractivity contribution in [1.82, 2.24) is 0 Å². The van der Waals surface area contributed by atoms with Gasteiger partial charge < -0.3 is 0 Å². The van der Waals surface area contributed by atoms with Crippen LogP contribution in [0.3, 0.4) is 0 Å². The maximum Gasteiger partial charge on any atom is 0.218 e. The topological polar surface area (TPSA) is 18.5 Å². The minimum Gasteiger partial charge on any atom is -0.291 e. The summed E-state index contributed by atoms with van der Waals surface area (Å²) in [6.07, 6.45) is 0. The van der Waals surface area contributed by atoms with E-state index in [1.165, 1.54) is 0 Å². The van der Waals surface area contributed by atoms with E-state index in [0.717, 1.165) is 0 Å². The van der Waals surface area contributed by atoms with Crippen molar-refractivity contribution in [1.29, 1.82) is 0 Å². The van der Waals surface area contributed by atoms with Crippen LogP contribution in [0.2, 0.25) is 13.1 Å². The lowest BCUT2D eigenvalue weighted by Crippen LogP contribution is -2.07. The van der Waals surface area contributed by atoms with Crippen molar-refractivity contribution < 1.29 is 9.46 Å². The third kappa shape index (κ3) is 6.14. The number of hydrogen-bond donors (Lipinski definition) is 0. The molecular weight excluding hydrogens is 108 g/mol. The normalized spacial score (nSPS) is 10.3. The predicted molar refractivity (Wildman–Crippen MR) is 31.6 cm³/mol. The molecule has 0 fully saturated rings. The molecule has 44 valence electrons. The van der Waals surface area contributed by atoms with Gasteiger partial charge in [0.1, 0.15) is 0 Å². The molecule has 7 heavy (non-hydrogen) atoms. The van der Waals surface area contributed by atoms with Crippen LogP contribution in [-0.2, 0) is 9.46 Å². The minimum atomic E-state index is -0.910. The van der Waals surface area contributed by atoms with E-state index in [0.29, 0.717) is 6.61 Å². The van der Waals surface area contributed by atoms with Gasteiger partial charge in [-0.05, 0) is 20.0 Å². The molecular formula is C4H12O2Si. The zero-order valence-corrected chi connectivity index (χ0v) is 6.26. The van der Waals surface area contributed by atoms with Gasteiger partial charge >= 0.3 is 0 Å². The van der Waals surface area contributed by atoms with Crippen molar-refractivity contribution in [2.45, 2.75) is 20.0 Å². The summed E-state index contributed by atoms with van der Waals surface area (Å²) in [5.41, 5.74) is 0. The lowest BCUT2D eigenvalue weighted by Gasteiger charge is -2.01. The highest BCUT2D eigenvalue weighted by Gasteiger charge is 1.91. The highest BCUT2D eigenvalue weighted by molar-refractivity contribution is 6.48. The summed E-state index contributed by atoms with van der Waals surface area (Å²) in [5, 5.41) is 0. The van der Waals surface area contributed by atoms with Crippen molar-refractivity contribution in [3.05, 3.63) is 0 Å². The van der Waals surface area contributed by atoms with Crippen molar-refractivity contribution >= 4 is 9.04 Å². The Bertz CT molecular complexity index is 38.7. The molecule has 0 aliphatic rings. The fourth-order valence-corrected chi connectivity index (χ4v) is 0.612. The van der Waals surface area contributed by atoms with Gasteiger partial charge in [0.05, 0.1) is 6.61 Å². The highest BCUT2D eigenvalue weighted by Crippen LogP contribution is 1.82. The van der Waals surface area contributed by atoms with Crippen molar-refractivity contribution in [2.24, 2.45) is 0 Å². The van der Waals surface area contributed by atoms with E-state index < -0.39 is 9.04 Å². The Morgan fingerprint density at radius 3 is 2.14 bits per heavy atom. The fourth-order valence-electron chi connectivity index (χ4n) is 0.204. The van der Waals surface area contributed by atoms with Crippen LogP contribution in [0.5, 0.6) is 0 Å². The van der Waals surface area contributed by atoms with E-state index in [4.69, 9.17) is 4.58 Å². The predicted octanol–water partition coefficient (Wildman–Crippen LogP) is 0.938. The van der Waals surface area contributed by atoms with E-state index in [1.54, 1.807) is 0 Å². The van der Waals surface area contributed by atoms with Gasteiger partial charge in [-0.1, -0.05) is 0 Å². The van der Waals surface area contributed by atoms with Gasteiger partial charge in [-0.15, -0.1) is 0 Å². The van der Waals surface area contributed by atoms with Gasteiger partial charge in [0.25, 0.3) is 0 Å². The molecule has 0 aromatic carbocycles. The number of rotatable bonds is 3. The van der Waals surface area contributed by atoms with Gasteiger partial charge in [0, 0.05) is 0 Å². The molecule has 2 nitrogen and oxygen atoms in total. The zero-order valence-electron chi connectivity index (χ0n) is 5.10. The Labute approximate surface area is 46.1 Å². The lowest BCUT2D eigenvalue weighted by molar-refractivity contribution is -0.207. The fraction of sp³-hybridized carbons (Fsp3) is 1.00. The van der Waals surface area contributed by atoms with Crippen LogP contribution in [-0.4, -0.2) is 15.6 Å². The van der Waals surface area contributed by atoms with Gasteiger partial charge in [0.2, 0.25) is 9.04 Å². The Morgan fingerprint density at radius 2 is 2.00 bits per heavy atom. The molecule has 0 amide bonds. The van der Waals surface area contributed by atoms with Crippen molar-refractivity contribution in [3.63, 3.8) is 0 Å². The van der Waals surface area contributed by atoms with E-state index >= 15 is 0 Å². The molecule has 0 saturated heterocycles. The molecule has 0 aliphatic heterocycles. The standard InChI is InChI=1S/C4H12O2Si/c1-4-5-6-7(2)3/h7H,4H2,1-3H3. The van der Waals surface area contributed by atoms with Crippen LogP contribution in [0.4, 0.5) is 0 Å². The van der Waals surface area contributed by atoms with E-state index in [-0.39, 0.29) is 0 Å². The minimum absolute atomic E-state index is 0.658. The second kappa shape index (κ2) is 4.30. The average Bonchev–Trinajstić information content (AvgIpc) is 1.61. The van der Waals surface area contributed by atoms with Crippen LogP contribution in [0.15, 0.2) is 0 Å². The Hall–Kier alpha value is 0.137. The Morgan fingerprint density at radius 1 is 1.43 bits per heavy atom. The molecule has 0 saturated carbocycles. The van der Waals surface area contributed by atoms with E-state index in [9.17, 15) is 0 Å². The number of hydrogen-bond acceptors (Lipinski definition) is 2. The highest BCUT2D eigenvalue weighted by atomic mass is 28.3. The molecule has 0 bridgehead atoms. The van der Waals surface area contributed by atoms with Gasteiger partial charge in [-0.3, -0.25) is 4.58 Å². The lowest BCUT2D eigenvalue weighted by atomic mass is 10.9. The third-order valence-corrected chi connectivity index (χ3v) is 0.899. The molecule has 0 atom stereocenters. The molecule has 0 N–H and O–H groups in total. The van der Waals surface area contributed by atoms with Crippen molar-refractivity contribution in [3.8, 4) is 0 Å². The SMILES string of the molecule is CCOO[SiH](C)C. The summed E-state index contributed by atoms with van der Waals surface area (Å²) in [6, 6.07) is 0. The first-order chi connectivity index (χ1) is 3.27. The molecule has 0 spiro atoms. The summed E-state index contributed by atoms with van der Waals surface area (Å²) in [4.78, 5) is 4.66. The third-order valence-electron chi connectivity index (χ3n) is 0.378. The summed E-state index contributed by atoms with van der Waals surface area (Å²) in [7, 11) is -0.910. The summed E-state index contributed by atoms with van der Waals surface area (Å²) >= 11 is 0. The maximum absolute atomic E-state index is 4.83. The summed E-state index contributed by atoms with van der Waals surface area (Å²) in [5.74, 6) is 0.